The average Bonchev–Trinajstić information content (AvgIpc) is 2.70. The van der Waals surface area contributed by atoms with Gasteiger partial charge < -0.3 is 15.2 Å². The van der Waals surface area contributed by atoms with Gasteiger partial charge in [0, 0.05) is 10.0 Å². The maximum Gasteiger partial charge on any atom is 0.243 e. The van der Waals surface area contributed by atoms with Crippen molar-refractivity contribution >= 4 is 47.8 Å². The zero-order chi connectivity index (χ0) is 24.1. The Kier molecular flexibility index (Phi) is 8.76. The summed E-state index contributed by atoms with van der Waals surface area (Å²) in [6.45, 7) is 3.48. The molecule has 172 valence electrons. The molecular formula is C22H24Br2N2O5S. The third-order valence-electron chi connectivity index (χ3n) is 4.65. The molecule has 0 aliphatic heterocycles. The first kappa shape index (κ1) is 26.2. The van der Waals surface area contributed by atoms with Crippen LogP contribution in [0, 0.1) is 17.8 Å². The Balaban J connectivity index is 2.42. The molecule has 0 saturated heterocycles. The zero-order valence-corrected chi connectivity index (χ0v) is 22.0. The molecule has 1 atom stereocenters. The lowest BCUT2D eigenvalue weighted by atomic mass is 9.80. The number of sulfonamides is 1. The minimum Gasteiger partial charge on any atom is -0.493 e. The second-order valence-corrected chi connectivity index (χ2v) is 10.8. The van der Waals surface area contributed by atoms with Crippen LogP contribution < -0.4 is 19.9 Å². The molecular weight excluding hydrogens is 564 g/mol. The topological polar surface area (TPSA) is 108 Å². The minimum atomic E-state index is -3.77. The quantitative estimate of drug-likeness (QED) is 0.459. The van der Waals surface area contributed by atoms with Crippen LogP contribution in [0.2, 0.25) is 0 Å². The van der Waals surface area contributed by atoms with Crippen LogP contribution in [0.25, 0.3) is 0 Å². The largest absolute Gasteiger partial charge is 0.493 e. The molecule has 10 heteroatoms. The van der Waals surface area contributed by atoms with E-state index in [9.17, 15) is 13.2 Å². The highest BCUT2D eigenvalue weighted by Crippen LogP contribution is 2.41. The van der Waals surface area contributed by atoms with Gasteiger partial charge in [-0.1, -0.05) is 41.6 Å². The van der Waals surface area contributed by atoms with E-state index < -0.39 is 27.4 Å². The van der Waals surface area contributed by atoms with Crippen LogP contribution in [0.3, 0.4) is 0 Å². The smallest absolute Gasteiger partial charge is 0.243 e. The number of rotatable bonds is 8. The van der Waals surface area contributed by atoms with Gasteiger partial charge in [0.25, 0.3) is 0 Å². The molecule has 3 N–H and O–H groups in total. The summed E-state index contributed by atoms with van der Waals surface area (Å²) < 4.78 is 39.1. The van der Waals surface area contributed by atoms with Gasteiger partial charge in [-0.05, 0) is 63.8 Å². The number of halogens is 2. The van der Waals surface area contributed by atoms with Crippen molar-refractivity contribution in [3.63, 3.8) is 0 Å². The molecule has 2 rings (SSSR count). The predicted molar refractivity (Wildman–Crippen MR) is 131 cm³/mol. The number of nitrogens with two attached hydrogens (primary N) is 1. The summed E-state index contributed by atoms with van der Waals surface area (Å²) in [6, 6.07) is 10.7. The van der Waals surface area contributed by atoms with E-state index >= 15 is 0 Å². The molecule has 0 aliphatic carbocycles. The highest BCUT2D eigenvalue weighted by atomic mass is 79.9. The maximum absolute atomic E-state index is 12.5. The van der Waals surface area contributed by atoms with Crippen LogP contribution in [0.15, 0.2) is 45.3 Å². The summed E-state index contributed by atoms with van der Waals surface area (Å²) >= 11 is 6.80. The summed E-state index contributed by atoms with van der Waals surface area (Å²) in [5.74, 6) is 5.26. The Morgan fingerprint density at radius 2 is 1.84 bits per heavy atom. The molecule has 1 unspecified atom stereocenters. The van der Waals surface area contributed by atoms with E-state index in [2.05, 4.69) is 48.4 Å². The van der Waals surface area contributed by atoms with Gasteiger partial charge in [-0.15, -0.1) is 0 Å². The second kappa shape index (κ2) is 10.7. The number of amides is 1. The van der Waals surface area contributed by atoms with Crippen molar-refractivity contribution < 1.29 is 22.7 Å². The highest BCUT2D eigenvalue weighted by molar-refractivity contribution is 9.10. The first-order chi connectivity index (χ1) is 14.9. The van der Waals surface area contributed by atoms with Crippen molar-refractivity contribution in [3.05, 3.63) is 56.5 Å². The fourth-order valence-electron chi connectivity index (χ4n) is 3.15. The number of carbonyl (C=O) groups is 1. The number of primary amides is 1. The van der Waals surface area contributed by atoms with Crippen LogP contribution >= 0.6 is 31.9 Å². The van der Waals surface area contributed by atoms with Crippen molar-refractivity contribution in [1.29, 1.82) is 0 Å². The lowest BCUT2D eigenvalue weighted by molar-refractivity contribution is -0.125. The van der Waals surface area contributed by atoms with Crippen molar-refractivity contribution in [2.24, 2.45) is 11.7 Å². The fourth-order valence-corrected chi connectivity index (χ4v) is 5.01. The Morgan fingerprint density at radius 1 is 1.22 bits per heavy atom. The minimum absolute atomic E-state index is 0.0805. The van der Waals surface area contributed by atoms with Gasteiger partial charge in [0.1, 0.15) is 12.1 Å². The molecule has 32 heavy (non-hydrogen) atoms. The average molecular weight is 588 g/mol. The molecule has 1 amide bonds. The number of ether oxygens (including phenoxy) is 2. The van der Waals surface area contributed by atoms with Crippen LogP contribution in [0.5, 0.6) is 11.5 Å². The molecule has 0 aliphatic rings. The summed E-state index contributed by atoms with van der Waals surface area (Å²) in [7, 11) is -2.33. The van der Waals surface area contributed by atoms with E-state index in [1.807, 2.05) is 24.3 Å². The van der Waals surface area contributed by atoms with Crippen molar-refractivity contribution in [2.45, 2.75) is 19.4 Å². The third kappa shape index (κ3) is 6.25. The molecule has 7 nitrogen and oxygen atoms in total. The Morgan fingerprint density at radius 3 is 2.34 bits per heavy atom. The van der Waals surface area contributed by atoms with Crippen LogP contribution in [0.1, 0.15) is 25.0 Å². The molecule has 2 aromatic rings. The van der Waals surface area contributed by atoms with Crippen molar-refractivity contribution in [1.82, 2.24) is 4.72 Å². The monoisotopic (exact) mass is 586 g/mol. The van der Waals surface area contributed by atoms with Crippen LogP contribution in [0.4, 0.5) is 0 Å². The summed E-state index contributed by atoms with van der Waals surface area (Å²) in [5, 5.41) is 0. The summed E-state index contributed by atoms with van der Waals surface area (Å²) in [6.07, 6.45) is 0.973. The number of methoxy groups -OCH3 is 1. The fraction of sp³-hybridized carbons (Fsp3) is 0.318. The van der Waals surface area contributed by atoms with E-state index in [1.165, 1.54) is 13.2 Å². The highest BCUT2D eigenvalue weighted by Gasteiger charge is 2.45. The summed E-state index contributed by atoms with van der Waals surface area (Å²) in [4.78, 5) is 12.5. The third-order valence-corrected chi connectivity index (χ3v) is 6.46. The zero-order valence-electron chi connectivity index (χ0n) is 18.0. The first-order valence-corrected chi connectivity index (χ1v) is 12.9. The first-order valence-electron chi connectivity index (χ1n) is 9.44. The molecule has 0 aromatic heterocycles. The van der Waals surface area contributed by atoms with Crippen LogP contribution in [-0.4, -0.2) is 34.3 Å². The van der Waals surface area contributed by atoms with Gasteiger partial charge in [0.05, 0.1) is 17.8 Å². The number of carbonyl (C=O) groups excluding carboxylic acids is 1. The predicted octanol–water partition coefficient (Wildman–Crippen LogP) is 3.54. The van der Waals surface area contributed by atoms with Crippen LogP contribution in [-0.2, 0) is 20.4 Å². The number of nitrogens with one attached hydrogen (secondary N) is 1. The Hall–Kier alpha value is -2.06. The standard InChI is InChI=1S/C22H24Br2N2O5S/c1-14(2)22(21(25)27,26-32(4,28)29)16-12-18(24)20(19(13-16)30-3)31-11-5-6-15-7-9-17(23)10-8-15/h7-10,12-14,26H,11H2,1-4H3,(H2,25,27). The molecule has 0 spiro atoms. The molecule has 0 bridgehead atoms. The van der Waals surface area contributed by atoms with Gasteiger partial charge in [0.15, 0.2) is 11.5 Å². The molecule has 0 radical (unpaired) electrons. The normalized spacial score (nSPS) is 13.1. The van der Waals surface area contributed by atoms with Gasteiger partial charge in [-0.25, -0.2) is 8.42 Å². The summed E-state index contributed by atoms with van der Waals surface area (Å²) in [5.41, 5.74) is 5.17. The van der Waals surface area contributed by atoms with Gasteiger partial charge in [0.2, 0.25) is 15.9 Å². The van der Waals surface area contributed by atoms with Gasteiger partial charge in [-0.3, -0.25) is 4.79 Å². The Labute approximate surface area is 205 Å². The Bertz CT molecular complexity index is 1160. The van der Waals surface area contributed by atoms with Crippen molar-refractivity contribution in [2.75, 3.05) is 20.0 Å². The number of hydrogen-bond donors (Lipinski definition) is 2. The number of hydrogen-bond acceptors (Lipinski definition) is 5. The molecule has 0 saturated carbocycles. The lowest BCUT2D eigenvalue weighted by Gasteiger charge is -2.35. The lowest BCUT2D eigenvalue weighted by Crippen LogP contribution is -2.57. The van der Waals surface area contributed by atoms with E-state index in [0.717, 1.165) is 16.3 Å². The SMILES string of the molecule is COc1cc(C(NS(C)(=O)=O)(C(N)=O)C(C)C)cc(Br)c1OCC#Cc1ccc(Br)cc1. The van der Waals surface area contributed by atoms with Crippen molar-refractivity contribution in [3.8, 4) is 23.3 Å². The van der Waals surface area contributed by atoms with Gasteiger partial charge in [-0.2, -0.15) is 4.72 Å². The molecule has 0 heterocycles. The van der Waals surface area contributed by atoms with E-state index in [0.29, 0.717) is 21.5 Å². The van der Waals surface area contributed by atoms with Gasteiger partial charge >= 0.3 is 0 Å². The van der Waals surface area contributed by atoms with E-state index in [4.69, 9.17) is 15.2 Å². The molecule has 0 fully saturated rings. The van der Waals surface area contributed by atoms with E-state index in [-0.39, 0.29) is 6.61 Å². The maximum atomic E-state index is 12.5. The van der Waals surface area contributed by atoms with E-state index in [1.54, 1.807) is 19.9 Å². The molecule has 2 aromatic carbocycles. The second-order valence-electron chi connectivity index (χ2n) is 7.29. The number of benzene rings is 2.